The highest BCUT2D eigenvalue weighted by molar-refractivity contribution is 6.31. The number of halogens is 3. The standard InChI is InChI=1S/C13H12Cl2FN5/c1-20-7-17-19-12(20)2-3-21-11-4-8(15)9(16)5-10(11)18-13(21)6-14/h4-5,7H,2-3,6H2,1H3. The Labute approximate surface area is 130 Å². The number of aromatic nitrogens is 5. The zero-order valence-electron chi connectivity index (χ0n) is 11.2. The average Bonchev–Trinajstić information content (AvgIpc) is 3.01. The first-order valence-corrected chi connectivity index (χ1v) is 7.24. The minimum Gasteiger partial charge on any atom is -0.326 e. The molecule has 0 amide bonds. The fourth-order valence-electron chi connectivity index (χ4n) is 2.27. The number of alkyl halides is 1. The van der Waals surface area contributed by atoms with Gasteiger partial charge in [0.1, 0.15) is 23.8 Å². The molecule has 0 aliphatic rings. The first kappa shape index (κ1) is 14.3. The summed E-state index contributed by atoms with van der Waals surface area (Å²) in [6, 6.07) is 2.90. The van der Waals surface area contributed by atoms with Gasteiger partial charge in [0.05, 0.1) is 21.9 Å². The molecular weight excluding hydrogens is 316 g/mol. The zero-order chi connectivity index (χ0) is 15.0. The van der Waals surface area contributed by atoms with E-state index in [1.807, 2.05) is 16.2 Å². The van der Waals surface area contributed by atoms with Gasteiger partial charge in [0.25, 0.3) is 0 Å². The lowest BCUT2D eigenvalue weighted by molar-refractivity contribution is 0.629. The number of aryl methyl sites for hydroxylation is 3. The van der Waals surface area contributed by atoms with Crippen molar-refractivity contribution in [2.45, 2.75) is 18.8 Å². The fraction of sp³-hybridized carbons (Fsp3) is 0.308. The molecule has 0 bridgehead atoms. The van der Waals surface area contributed by atoms with Crippen molar-refractivity contribution in [3.05, 3.63) is 40.9 Å². The van der Waals surface area contributed by atoms with Crippen LogP contribution in [0.25, 0.3) is 11.0 Å². The van der Waals surface area contributed by atoms with E-state index in [0.29, 0.717) is 24.3 Å². The van der Waals surface area contributed by atoms with Crippen LogP contribution < -0.4 is 0 Å². The number of hydrogen-bond acceptors (Lipinski definition) is 3. The smallest absolute Gasteiger partial charge is 0.144 e. The first-order valence-electron chi connectivity index (χ1n) is 6.33. The second-order valence-electron chi connectivity index (χ2n) is 4.68. The number of benzene rings is 1. The quantitative estimate of drug-likeness (QED) is 0.692. The lowest BCUT2D eigenvalue weighted by Gasteiger charge is -2.07. The van der Waals surface area contributed by atoms with E-state index in [-0.39, 0.29) is 10.9 Å². The molecule has 21 heavy (non-hydrogen) atoms. The molecule has 2 heterocycles. The summed E-state index contributed by atoms with van der Waals surface area (Å²) in [5.41, 5.74) is 1.31. The molecule has 0 unspecified atom stereocenters. The number of hydrogen-bond donors (Lipinski definition) is 0. The molecule has 5 nitrogen and oxygen atoms in total. The van der Waals surface area contributed by atoms with Gasteiger partial charge in [0, 0.05) is 26.1 Å². The molecule has 0 aliphatic heterocycles. The molecule has 0 radical (unpaired) electrons. The van der Waals surface area contributed by atoms with Crippen LogP contribution in [0, 0.1) is 5.82 Å². The van der Waals surface area contributed by atoms with Crippen molar-refractivity contribution in [1.29, 1.82) is 0 Å². The third kappa shape index (κ3) is 2.61. The SMILES string of the molecule is Cn1cnnc1CCn1c(CCl)nc2cc(F)c(Cl)cc21. The Balaban J connectivity index is 2.00. The lowest BCUT2D eigenvalue weighted by Crippen LogP contribution is -2.08. The van der Waals surface area contributed by atoms with Gasteiger partial charge in [0.15, 0.2) is 0 Å². The maximum absolute atomic E-state index is 13.5. The van der Waals surface area contributed by atoms with Crippen LogP contribution in [0.15, 0.2) is 18.5 Å². The summed E-state index contributed by atoms with van der Waals surface area (Å²) in [5.74, 6) is 1.29. The normalized spacial score (nSPS) is 11.4. The second-order valence-corrected chi connectivity index (χ2v) is 5.35. The van der Waals surface area contributed by atoms with Crippen molar-refractivity contribution < 1.29 is 4.39 Å². The minimum absolute atomic E-state index is 0.0726. The van der Waals surface area contributed by atoms with Gasteiger partial charge in [-0.1, -0.05) is 11.6 Å². The van der Waals surface area contributed by atoms with Crippen molar-refractivity contribution in [1.82, 2.24) is 24.3 Å². The third-order valence-electron chi connectivity index (χ3n) is 3.35. The maximum Gasteiger partial charge on any atom is 0.144 e. The summed E-state index contributed by atoms with van der Waals surface area (Å²) in [7, 11) is 1.88. The molecule has 0 saturated carbocycles. The number of imidazole rings is 1. The molecule has 0 atom stereocenters. The molecule has 3 aromatic rings. The van der Waals surface area contributed by atoms with Gasteiger partial charge in [-0.25, -0.2) is 9.37 Å². The summed E-state index contributed by atoms with van der Waals surface area (Å²) in [6.07, 6.45) is 2.32. The summed E-state index contributed by atoms with van der Waals surface area (Å²) in [4.78, 5) is 4.35. The molecule has 8 heteroatoms. The predicted molar refractivity (Wildman–Crippen MR) is 79.0 cm³/mol. The Morgan fingerprint density at radius 3 is 2.76 bits per heavy atom. The molecule has 0 aliphatic carbocycles. The maximum atomic E-state index is 13.5. The minimum atomic E-state index is -0.483. The van der Waals surface area contributed by atoms with E-state index in [1.165, 1.54) is 6.07 Å². The van der Waals surface area contributed by atoms with Crippen molar-refractivity contribution in [2.24, 2.45) is 7.05 Å². The number of nitrogens with zero attached hydrogens (tertiary/aromatic N) is 5. The fourth-order valence-corrected chi connectivity index (χ4v) is 2.63. The van der Waals surface area contributed by atoms with Crippen LogP contribution in [0.4, 0.5) is 4.39 Å². The second kappa shape index (κ2) is 5.61. The van der Waals surface area contributed by atoms with E-state index in [0.717, 1.165) is 11.3 Å². The topological polar surface area (TPSA) is 48.5 Å². The molecule has 3 rings (SSSR count). The summed E-state index contributed by atoms with van der Waals surface area (Å²) in [5, 5.41) is 7.96. The molecule has 0 fully saturated rings. The Morgan fingerprint density at radius 1 is 1.29 bits per heavy atom. The molecule has 0 N–H and O–H groups in total. The highest BCUT2D eigenvalue weighted by Gasteiger charge is 2.14. The van der Waals surface area contributed by atoms with Gasteiger partial charge >= 0.3 is 0 Å². The van der Waals surface area contributed by atoms with Gasteiger partial charge in [-0.2, -0.15) is 0 Å². The Kier molecular flexibility index (Phi) is 3.82. The van der Waals surface area contributed by atoms with Gasteiger partial charge < -0.3 is 9.13 Å². The van der Waals surface area contributed by atoms with Gasteiger partial charge in [-0.05, 0) is 6.07 Å². The number of fused-ring (bicyclic) bond motifs is 1. The van der Waals surface area contributed by atoms with Crippen LogP contribution in [0.3, 0.4) is 0 Å². The molecule has 2 aromatic heterocycles. The third-order valence-corrected chi connectivity index (χ3v) is 3.88. The van der Waals surface area contributed by atoms with E-state index in [1.54, 1.807) is 12.4 Å². The van der Waals surface area contributed by atoms with E-state index in [2.05, 4.69) is 15.2 Å². The number of rotatable bonds is 4. The molecule has 1 aromatic carbocycles. The van der Waals surface area contributed by atoms with E-state index >= 15 is 0 Å². The van der Waals surface area contributed by atoms with Crippen molar-refractivity contribution in [2.75, 3.05) is 0 Å². The van der Waals surface area contributed by atoms with E-state index < -0.39 is 5.82 Å². The summed E-state index contributed by atoms with van der Waals surface area (Å²) < 4.78 is 17.3. The van der Waals surface area contributed by atoms with Gasteiger partial charge in [-0.15, -0.1) is 21.8 Å². The van der Waals surface area contributed by atoms with Crippen molar-refractivity contribution >= 4 is 34.2 Å². The van der Waals surface area contributed by atoms with E-state index in [4.69, 9.17) is 23.2 Å². The van der Waals surface area contributed by atoms with Crippen LogP contribution in [-0.4, -0.2) is 24.3 Å². The van der Waals surface area contributed by atoms with Crippen LogP contribution in [-0.2, 0) is 25.9 Å². The first-order chi connectivity index (χ1) is 10.1. The van der Waals surface area contributed by atoms with Crippen molar-refractivity contribution in [3.8, 4) is 0 Å². The molecule has 0 saturated heterocycles. The van der Waals surface area contributed by atoms with E-state index in [9.17, 15) is 4.39 Å². The van der Waals surface area contributed by atoms with Gasteiger partial charge in [-0.3, -0.25) is 0 Å². The Bertz CT molecular complexity index is 795. The van der Waals surface area contributed by atoms with Crippen LogP contribution in [0.5, 0.6) is 0 Å². The van der Waals surface area contributed by atoms with Crippen LogP contribution in [0.1, 0.15) is 11.6 Å². The average molecular weight is 328 g/mol. The van der Waals surface area contributed by atoms with Gasteiger partial charge in [0.2, 0.25) is 0 Å². The Morgan fingerprint density at radius 2 is 2.10 bits per heavy atom. The summed E-state index contributed by atoms with van der Waals surface area (Å²) >= 11 is 11.8. The predicted octanol–water partition coefficient (Wildman–Crippen LogP) is 2.94. The molecular formula is C13H12Cl2FN5. The lowest BCUT2D eigenvalue weighted by atomic mass is 10.3. The van der Waals surface area contributed by atoms with Crippen LogP contribution in [0.2, 0.25) is 5.02 Å². The summed E-state index contributed by atoms with van der Waals surface area (Å²) in [6.45, 7) is 0.618. The molecule has 0 spiro atoms. The van der Waals surface area contributed by atoms with Crippen molar-refractivity contribution in [3.63, 3.8) is 0 Å². The highest BCUT2D eigenvalue weighted by Crippen LogP contribution is 2.24. The molecule has 110 valence electrons. The Hall–Kier alpha value is -1.66. The van der Waals surface area contributed by atoms with Crippen LogP contribution >= 0.6 is 23.2 Å². The highest BCUT2D eigenvalue weighted by atomic mass is 35.5. The monoisotopic (exact) mass is 327 g/mol. The zero-order valence-corrected chi connectivity index (χ0v) is 12.7. The largest absolute Gasteiger partial charge is 0.326 e.